The molecule has 0 unspecified atom stereocenters. The number of nitrogens with one attached hydrogen (secondary N) is 1. The van der Waals surface area contributed by atoms with Gasteiger partial charge >= 0.3 is 0 Å². The van der Waals surface area contributed by atoms with Gasteiger partial charge < -0.3 is 14.6 Å². The molecule has 0 aliphatic rings. The van der Waals surface area contributed by atoms with Gasteiger partial charge in [0.05, 0.1) is 23.9 Å². The van der Waals surface area contributed by atoms with Crippen LogP contribution >= 0.6 is 0 Å². The summed E-state index contributed by atoms with van der Waals surface area (Å²) in [5.41, 5.74) is 0.213. The predicted molar refractivity (Wildman–Crippen MR) is 107 cm³/mol. The van der Waals surface area contributed by atoms with Gasteiger partial charge in [-0.15, -0.1) is 0 Å². The summed E-state index contributed by atoms with van der Waals surface area (Å²) in [5, 5.41) is 2.84. The molecule has 0 spiro atoms. The van der Waals surface area contributed by atoms with Crippen LogP contribution < -0.4 is 10.1 Å². The molecular formula is C19H28N4O4S. The number of methoxy groups -OCH3 is 1. The van der Waals surface area contributed by atoms with Gasteiger partial charge in [-0.25, -0.2) is 13.4 Å². The molecule has 0 saturated heterocycles. The summed E-state index contributed by atoms with van der Waals surface area (Å²) < 4.78 is 34.0. The van der Waals surface area contributed by atoms with E-state index in [2.05, 4.69) is 10.3 Å². The third-order valence-corrected chi connectivity index (χ3v) is 6.49. The van der Waals surface area contributed by atoms with Crippen LogP contribution in [0.2, 0.25) is 0 Å². The Hall–Kier alpha value is -2.39. The van der Waals surface area contributed by atoms with E-state index in [0.29, 0.717) is 25.4 Å². The molecule has 0 aliphatic heterocycles. The van der Waals surface area contributed by atoms with E-state index in [4.69, 9.17) is 4.74 Å². The summed E-state index contributed by atoms with van der Waals surface area (Å²) >= 11 is 0. The van der Waals surface area contributed by atoms with Crippen molar-refractivity contribution in [1.29, 1.82) is 0 Å². The normalized spacial score (nSPS) is 11.6. The molecule has 8 nitrogen and oxygen atoms in total. The lowest BCUT2D eigenvalue weighted by Gasteiger charge is -2.19. The van der Waals surface area contributed by atoms with Crippen molar-refractivity contribution in [3.63, 3.8) is 0 Å². The second kappa shape index (κ2) is 10.2. The number of hydrogen-bond donors (Lipinski definition) is 1. The first-order valence-electron chi connectivity index (χ1n) is 9.36. The second-order valence-corrected chi connectivity index (χ2v) is 8.15. The van der Waals surface area contributed by atoms with E-state index in [-0.39, 0.29) is 16.4 Å². The molecular weight excluding hydrogens is 380 g/mol. The van der Waals surface area contributed by atoms with E-state index in [1.54, 1.807) is 26.4 Å². The number of imidazole rings is 1. The number of rotatable bonds is 11. The molecule has 1 aromatic heterocycles. The first-order chi connectivity index (χ1) is 13.4. The Morgan fingerprint density at radius 3 is 2.61 bits per heavy atom. The van der Waals surface area contributed by atoms with Crippen LogP contribution in [0.15, 0.2) is 41.8 Å². The van der Waals surface area contributed by atoms with Crippen molar-refractivity contribution in [2.45, 2.75) is 38.1 Å². The third kappa shape index (κ3) is 5.32. The zero-order chi connectivity index (χ0) is 20.6. The van der Waals surface area contributed by atoms with Crippen LogP contribution in [0.3, 0.4) is 0 Å². The minimum atomic E-state index is -3.65. The molecule has 0 atom stereocenters. The molecule has 0 saturated carbocycles. The molecule has 1 aromatic carbocycles. The van der Waals surface area contributed by atoms with Gasteiger partial charge in [0, 0.05) is 38.6 Å². The van der Waals surface area contributed by atoms with Crippen LogP contribution in [0.1, 0.15) is 37.0 Å². The highest BCUT2D eigenvalue weighted by Crippen LogP contribution is 2.24. The van der Waals surface area contributed by atoms with Crippen molar-refractivity contribution in [2.24, 2.45) is 0 Å². The maximum atomic E-state index is 12.7. The van der Waals surface area contributed by atoms with Gasteiger partial charge in [0.2, 0.25) is 10.0 Å². The molecule has 1 heterocycles. The third-order valence-electron chi connectivity index (χ3n) is 4.45. The van der Waals surface area contributed by atoms with Crippen LogP contribution in [0.5, 0.6) is 5.75 Å². The van der Waals surface area contributed by atoms with E-state index in [1.165, 1.54) is 29.6 Å². The smallest absolute Gasteiger partial charge is 0.255 e. The zero-order valence-corrected chi connectivity index (χ0v) is 17.4. The fraction of sp³-hybridized carbons (Fsp3) is 0.474. The molecule has 0 fully saturated rings. The van der Waals surface area contributed by atoms with Crippen LogP contribution in [-0.4, -0.2) is 54.9 Å². The number of carbonyl (C=O) groups excluding carboxylic acids is 1. The number of amides is 1. The monoisotopic (exact) mass is 408 g/mol. The number of hydrogen-bond acceptors (Lipinski definition) is 5. The number of benzene rings is 1. The van der Waals surface area contributed by atoms with E-state index in [1.807, 2.05) is 10.8 Å². The Balaban J connectivity index is 2.04. The van der Waals surface area contributed by atoms with Crippen LogP contribution in [-0.2, 0) is 16.6 Å². The van der Waals surface area contributed by atoms with Gasteiger partial charge in [-0.05, 0) is 31.0 Å². The minimum Gasteiger partial charge on any atom is -0.496 e. The molecule has 1 amide bonds. The highest BCUT2D eigenvalue weighted by atomic mass is 32.2. The average molecular weight is 409 g/mol. The van der Waals surface area contributed by atoms with Crippen molar-refractivity contribution >= 4 is 15.9 Å². The minimum absolute atomic E-state index is 0.0854. The number of carbonyl (C=O) groups is 1. The summed E-state index contributed by atoms with van der Waals surface area (Å²) in [7, 11) is -2.19. The lowest BCUT2D eigenvalue weighted by Crippen LogP contribution is -2.31. The van der Waals surface area contributed by atoms with E-state index in [0.717, 1.165) is 19.4 Å². The van der Waals surface area contributed by atoms with E-state index >= 15 is 0 Å². The van der Waals surface area contributed by atoms with Gasteiger partial charge in [0.15, 0.2) is 0 Å². The fourth-order valence-electron chi connectivity index (χ4n) is 2.87. The van der Waals surface area contributed by atoms with Gasteiger partial charge in [0.1, 0.15) is 5.75 Å². The number of aryl methyl sites for hydroxylation is 1. The maximum absolute atomic E-state index is 12.7. The summed E-state index contributed by atoms with van der Waals surface area (Å²) in [4.78, 5) is 16.7. The standard InChI is InChI=1S/C19H28N4O4S/c1-4-23(5-2)28(25,26)16-8-9-18(27-3)17(14-16)19(24)21-10-6-7-12-22-13-11-20-15-22/h8-9,11,13-15H,4-7,10,12H2,1-3H3,(H,21,24). The molecule has 9 heteroatoms. The average Bonchev–Trinajstić information content (AvgIpc) is 3.21. The van der Waals surface area contributed by atoms with Gasteiger partial charge in [0.25, 0.3) is 5.91 Å². The second-order valence-electron chi connectivity index (χ2n) is 6.21. The van der Waals surface area contributed by atoms with Crippen molar-refractivity contribution in [1.82, 2.24) is 19.2 Å². The summed E-state index contributed by atoms with van der Waals surface area (Å²) in [5.74, 6) is -0.00881. The highest BCUT2D eigenvalue weighted by Gasteiger charge is 2.24. The predicted octanol–water partition coefficient (Wildman–Crippen LogP) is 2.13. The molecule has 154 valence electrons. The molecule has 1 N–H and O–H groups in total. The van der Waals surface area contributed by atoms with Crippen LogP contribution in [0.25, 0.3) is 0 Å². The largest absolute Gasteiger partial charge is 0.496 e. The Morgan fingerprint density at radius 1 is 1.25 bits per heavy atom. The fourth-order valence-corrected chi connectivity index (χ4v) is 4.36. The lowest BCUT2D eigenvalue weighted by molar-refractivity contribution is 0.0949. The first-order valence-corrected chi connectivity index (χ1v) is 10.8. The Bertz CT molecular complexity index is 862. The van der Waals surface area contributed by atoms with Gasteiger partial charge in [-0.3, -0.25) is 4.79 Å². The molecule has 0 radical (unpaired) electrons. The van der Waals surface area contributed by atoms with Crippen LogP contribution in [0, 0.1) is 0 Å². The van der Waals surface area contributed by atoms with Gasteiger partial charge in [-0.2, -0.15) is 4.31 Å². The summed E-state index contributed by atoms with van der Waals surface area (Å²) in [6, 6.07) is 4.37. The summed E-state index contributed by atoms with van der Waals surface area (Å²) in [6.07, 6.45) is 7.07. The zero-order valence-electron chi connectivity index (χ0n) is 16.6. The van der Waals surface area contributed by atoms with Crippen LogP contribution in [0.4, 0.5) is 0 Å². The van der Waals surface area contributed by atoms with Crippen molar-refractivity contribution in [3.8, 4) is 5.75 Å². The molecule has 0 aliphatic carbocycles. The first kappa shape index (κ1) is 21.9. The van der Waals surface area contributed by atoms with Crippen molar-refractivity contribution < 1.29 is 17.9 Å². The number of nitrogens with zero attached hydrogens (tertiary/aromatic N) is 3. The number of unbranched alkanes of at least 4 members (excludes halogenated alkanes) is 1. The Kier molecular flexibility index (Phi) is 8.01. The van der Waals surface area contributed by atoms with Crippen molar-refractivity contribution in [2.75, 3.05) is 26.7 Å². The number of sulfonamides is 1. The number of aromatic nitrogens is 2. The topological polar surface area (TPSA) is 93.5 Å². The molecule has 2 rings (SSSR count). The quantitative estimate of drug-likeness (QED) is 0.575. The molecule has 0 bridgehead atoms. The SMILES string of the molecule is CCN(CC)S(=O)(=O)c1ccc(OC)c(C(=O)NCCCCn2ccnc2)c1. The Morgan fingerprint density at radius 2 is 2.00 bits per heavy atom. The maximum Gasteiger partial charge on any atom is 0.255 e. The molecule has 2 aromatic rings. The van der Waals surface area contributed by atoms with Crippen molar-refractivity contribution in [3.05, 3.63) is 42.5 Å². The van der Waals surface area contributed by atoms with E-state index < -0.39 is 10.0 Å². The lowest BCUT2D eigenvalue weighted by atomic mass is 10.2. The van der Waals surface area contributed by atoms with E-state index in [9.17, 15) is 13.2 Å². The molecule has 28 heavy (non-hydrogen) atoms. The Labute approximate surface area is 166 Å². The van der Waals surface area contributed by atoms with Gasteiger partial charge in [-0.1, -0.05) is 13.8 Å². The highest BCUT2D eigenvalue weighted by molar-refractivity contribution is 7.89. The number of ether oxygens (including phenoxy) is 1. The summed E-state index contributed by atoms with van der Waals surface area (Å²) in [6.45, 7) is 5.61.